The number of hydrogen-bond donors (Lipinski definition) is 0. The Balaban J connectivity index is 2.35. The standard InChI is InChI=1S/C14H17Cl2N3O2S/c1-9-14(10(2)19(4)17-9)22(20,21)18(3)8-11-5-6-12(15)13(16)7-11/h5-7H,8H2,1-4H3. The molecule has 0 saturated carbocycles. The van der Waals surface area contributed by atoms with Gasteiger partial charge >= 0.3 is 0 Å². The van der Waals surface area contributed by atoms with Crippen LogP contribution in [0.25, 0.3) is 0 Å². The Kier molecular flexibility index (Phi) is 4.87. The Morgan fingerprint density at radius 1 is 1.23 bits per heavy atom. The Hall–Kier alpha value is -1.08. The molecule has 1 aromatic heterocycles. The first-order valence-electron chi connectivity index (χ1n) is 6.55. The highest BCUT2D eigenvalue weighted by molar-refractivity contribution is 7.89. The predicted octanol–water partition coefficient (Wildman–Crippen LogP) is 3.16. The molecule has 0 aliphatic heterocycles. The van der Waals surface area contributed by atoms with Crippen molar-refractivity contribution < 1.29 is 8.42 Å². The van der Waals surface area contributed by atoms with Crippen LogP contribution in [-0.2, 0) is 23.6 Å². The number of hydrogen-bond acceptors (Lipinski definition) is 3. The van der Waals surface area contributed by atoms with Crippen LogP contribution in [0.2, 0.25) is 10.0 Å². The number of aromatic nitrogens is 2. The number of aryl methyl sites for hydroxylation is 2. The van der Waals surface area contributed by atoms with Crippen molar-refractivity contribution in [3.05, 3.63) is 45.2 Å². The molecule has 0 aliphatic rings. The minimum absolute atomic E-state index is 0.201. The summed E-state index contributed by atoms with van der Waals surface area (Å²) in [7, 11) is -0.373. The van der Waals surface area contributed by atoms with Crippen LogP contribution < -0.4 is 0 Å². The van der Waals surface area contributed by atoms with E-state index in [0.29, 0.717) is 21.4 Å². The second-order valence-corrected chi connectivity index (χ2v) is 7.93. The van der Waals surface area contributed by atoms with Crippen LogP contribution in [0.15, 0.2) is 23.1 Å². The molecule has 120 valence electrons. The average molecular weight is 362 g/mol. The summed E-state index contributed by atoms with van der Waals surface area (Å²) in [5.74, 6) is 0. The fourth-order valence-electron chi connectivity index (χ4n) is 2.26. The molecule has 22 heavy (non-hydrogen) atoms. The zero-order valence-electron chi connectivity index (χ0n) is 12.8. The van der Waals surface area contributed by atoms with Crippen LogP contribution in [-0.4, -0.2) is 29.6 Å². The van der Waals surface area contributed by atoms with Crippen molar-refractivity contribution in [3.8, 4) is 0 Å². The molecule has 0 amide bonds. The molecule has 2 rings (SSSR count). The molecule has 0 unspecified atom stereocenters. The van der Waals surface area contributed by atoms with Gasteiger partial charge in [0.15, 0.2) is 0 Å². The highest BCUT2D eigenvalue weighted by Gasteiger charge is 2.28. The summed E-state index contributed by atoms with van der Waals surface area (Å²) in [6, 6.07) is 5.07. The van der Waals surface area contributed by atoms with Gasteiger partial charge in [0.05, 0.1) is 21.4 Å². The number of nitrogens with zero attached hydrogens (tertiary/aromatic N) is 3. The van der Waals surface area contributed by atoms with Gasteiger partial charge in [-0.25, -0.2) is 8.42 Å². The van der Waals surface area contributed by atoms with Crippen molar-refractivity contribution in [2.75, 3.05) is 7.05 Å². The largest absolute Gasteiger partial charge is 0.271 e. The first-order valence-corrected chi connectivity index (χ1v) is 8.74. The van der Waals surface area contributed by atoms with E-state index in [0.717, 1.165) is 5.56 Å². The third-order valence-corrected chi connectivity index (χ3v) is 6.30. The molecule has 2 aromatic rings. The number of benzene rings is 1. The van der Waals surface area contributed by atoms with Gasteiger partial charge < -0.3 is 0 Å². The van der Waals surface area contributed by atoms with Crippen LogP contribution in [0.1, 0.15) is 17.0 Å². The Bertz CT molecular complexity index is 816. The van der Waals surface area contributed by atoms with Gasteiger partial charge in [0, 0.05) is 20.6 Å². The summed E-state index contributed by atoms with van der Waals surface area (Å²) < 4.78 is 28.4. The monoisotopic (exact) mass is 361 g/mol. The summed E-state index contributed by atoms with van der Waals surface area (Å²) in [6.45, 7) is 3.62. The molecular weight excluding hydrogens is 345 g/mol. The van der Waals surface area contributed by atoms with Gasteiger partial charge in [-0.1, -0.05) is 29.3 Å². The SMILES string of the molecule is Cc1nn(C)c(C)c1S(=O)(=O)N(C)Cc1ccc(Cl)c(Cl)c1. The molecule has 0 aliphatic carbocycles. The van der Waals surface area contributed by atoms with Gasteiger partial charge in [0.1, 0.15) is 4.90 Å². The van der Waals surface area contributed by atoms with Gasteiger partial charge in [-0.15, -0.1) is 0 Å². The molecule has 0 fully saturated rings. The van der Waals surface area contributed by atoms with E-state index in [1.165, 1.54) is 11.4 Å². The van der Waals surface area contributed by atoms with E-state index < -0.39 is 10.0 Å². The van der Waals surface area contributed by atoms with Gasteiger partial charge in [0.25, 0.3) is 0 Å². The molecule has 1 aromatic carbocycles. The van der Waals surface area contributed by atoms with E-state index in [1.54, 1.807) is 43.8 Å². The topological polar surface area (TPSA) is 55.2 Å². The third-order valence-electron chi connectivity index (χ3n) is 3.50. The van der Waals surface area contributed by atoms with Gasteiger partial charge in [0.2, 0.25) is 10.0 Å². The van der Waals surface area contributed by atoms with Crippen LogP contribution in [0.4, 0.5) is 0 Å². The van der Waals surface area contributed by atoms with E-state index >= 15 is 0 Å². The zero-order chi connectivity index (χ0) is 16.7. The molecule has 0 saturated heterocycles. The summed E-state index contributed by atoms with van der Waals surface area (Å²) in [5.41, 5.74) is 1.86. The van der Waals surface area contributed by atoms with Crippen molar-refractivity contribution in [3.63, 3.8) is 0 Å². The van der Waals surface area contributed by atoms with Crippen LogP contribution >= 0.6 is 23.2 Å². The number of rotatable bonds is 4. The second kappa shape index (κ2) is 6.20. The summed E-state index contributed by atoms with van der Waals surface area (Å²) in [4.78, 5) is 0.248. The molecular formula is C14H17Cl2N3O2S. The molecule has 0 radical (unpaired) electrons. The van der Waals surface area contributed by atoms with Crippen molar-refractivity contribution in [1.82, 2.24) is 14.1 Å². The molecule has 0 atom stereocenters. The maximum atomic E-state index is 12.8. The lowest BCUT2D eigenvalue weighted by molar-refractivity contribution is 0.465. The van der Waals surface area contributed by atoms with E-state index in [1.807, 2.05) is 0 Å². The van der Waals surface area contributed by atoms with Crippen LogP contribution in [0, 0.1) is 13.8 Å². The first kappa shape index (κ1) is 17.3. The second-order valence-electron chi connectivity index (χ2n) is 5.13. The Morgan fingerprint density at radius 2 is 1.86 bits per heavy atom. The zero-order valence-corrected chi connectivity index (χ0v) is 15.1. The predicted molar refractivity (Wildman–Crippen MR) is 87.8 cm³/mol. The lowest BCUT2D eigenvalue weighted by atomic mass is 10.2. The number of halogens is 2. The summed E-state index contributed by atoms with van der Waals surface area (Å²) in [6.07, 6.45) is 0. The van der Waals surface area contributed by atoms with Gasteiger partial charge in [-0.3, -0.25) is 4.68 Å². The third kappa shape index (κ3) is 3.15. The van der Waals surface area contributed by atoms with E-state index in [2.05, 4.69) is 5.10 Å². The van der Waals surface area contributed by atoms with E-state index in [9.17, 15) is 8.42 Å². The Labute approximate surface area is 140 Å². The minimum atomic E-state index is -3.63. The van der Waals surface area contributed by atoms with Gasteiger partial charge in [-0.2, -0.15) is 9.40 Å². The molecule has 1 heterocycles. The highest BCUT2D eigenvalue weighted by Crippen LogP contribution is 2.26. The van der Waals surface area contributed by atoms with E-state index in [-0.39, 0.29) is 11.4 Å². The maximum Gasteiger partial charge on any atom is 0.246 e. The normalized spacial score (nSPS) is 12.1. The molecule has 5 nitrogen and oxygen atoms in total. The quantitative estimate of drug-likeness (QED) is 0.840. The molecule has 8 heteroatoms. The van der Waals surface area contributed by atoms with Crippen LogP contribution in [0.5, 0.6) is 0 Å². The van der Waals surface area contributed by atoms with Crippen molar-refractivity contribution >= 4 is 33.2 Å². The van der Waals surface area contributed by atoms with Gasteiger partial charge in [-0.05, 0) is 31.5 Å². The smallest absolute Gasteiger partial charge is 0.246 e. The maximum absolute atomic E-state index is 12.8. The number of sulfonamides is 1. The average Bonchev–Trinajstić information content (AvgIpc) is 2.67. The van der Waals surface area contributed by atoms with E-state index in [4.69, 9.17) is 23.2 Å². The highest BCUT2D eigenvalue weighted by atomic mass is 35.5. The lowest BCUT2D eigenvalue weighted by Crippen LogP contribution is -2.27. The Morgan fingerprint density at radius 3 is 2.36 bits per heavy atom. The summed E-state index contributed by atoms with van der Waals surface area (Å²) >= 11 is 11.8. The minimum Gasteiger partial charge on any atom is -0.271 e. The lowest BCUT2D eigenvalue weighted by Gasteiger charge is -2.18. The van der Waals surface area contributed by atoms with Crippen LogP contribution in [0.3, 0.4) is 0 Å². The molecule has 0 spiro atoms. The van der Waals surface area contributed by atoms with Crippen molar-refractivity contribution in [2.45, 2.75) is 25.3 Å². The van der Waals surface area contributed by atoms with Crippen molar-refractivity contribution in [2.24, 2.45) is 7.05 Å². The van der Waals surface area contributed by atoms with Crippen molar-refractivity contribution in [1.29, 1.82) is 0 Å². The molecule has 0 N–H and O–H groups in total. The first-order chi connectivity index (χ1) is 10.1. The fourth-order valence-corrected chi connectivity index (χ4v) is 4.13. The molecule has 0 bridgehead atoms. The fraction of sp³-hybridized carbons (Fsp3) is 0.357. The summed E-state index contributed by atoms with van der Waals surface area (Å²) in [5, 5.41) is 5.01.